The van der Waals surface area contributed by atoms with Crippen molar-refractivity contribution in [3.63, 3.8) is 0 Å². The molecular weight excluding hydrogens is 294 g/mol. The number of hydrogen-bond donors (Lipinski definition) is 4. The van der Waals surface area contributed by atoms with Crippen LogP contribution in [0.15, 0.2) is 6.33 Å². The summed E-state index contributed by atoms with van der Waals surface area (Å²) in [6.07, 6.45) is -2.89. The van der Waals surface area contributed by atoms with E-state index in [-0.39, 0.29) is 11.8 Å². The normalized spacial score (nSPS) is 28.4. The molecule has 3 rings (SSSR count). The summed E-state index contributed by atoms with van der Waals surface area (Å²) in [5, 5.41) is 29.1. The summed E-state index contributed by atoms with van der Waals surface area (Å²) in [6, 6.07) is 0.0843. The van der Waals surface area contributed by atoms with E-state index in [1.807, 2.05) is 0 Å². The molecule has 10 heteroatoms. The predicted molar refractivity (Wildman–Crippen MR) is 73.9 cm³/mol. The van der Waals surface area contributed by atoms with Crippen molar-refractivity contribution in [3.8, 4) is 6.01 Å². The molecule has 0 radical (unpaired) electrons. The molecule has 120 valence electrons. The first-order valence-electron chi connectivity index (χ1n) is 6.82. The van der Waals surface area contributed by atoms with Crippen molar-refractivity contribution in [2.45, 2.75) is 31.5 Å². The van der Waals surface area contributed by atoms with Crippen LogP contribution in [0.25, 0.3) is 11.2 Å². The molecule has 4 atom stereocenters. The van der Waals surface area contributed by atoms with E-state index in [9.17, 15) is 10.2 Å². The Morgan fingerprint density at radius 3 is 2.77 bits per heavy atom. The number of imidazole rings is 1. The zero-order chi connectivity index (χ0) is 15.9. The number of rotatable bonds is 4. The summed E-state index contributed by atoms with van der Waals surface area (Å²) < 4.78 is 12.1. The Kier molecular flexibility index (Phi) is 3.83. The number of aromatic nitrogens is 4. The van der Waals surface area contributed by atoms with E-state index in [0.29, 0.717) is 17.8 Å². The number of anilines is 1. The van der Waals surface area contributed by atoms with Gasteiger partial charge in [0, 0.05) is 0 Å². The summed E-state index contributed by atoms with van der Waals surface area (Å²) in [7, 11) is 0. The third-order valence-electron chi connectivity index (χ3n) is 3.49. The minimum absolute atomic E-state index is 0.0843. The standard InChI is InChI=1S/C12H17N5O5/c1-2-21-12-15-9(13)6-10(16-12)17(4-14-6)11-8(20)7(19)5(3-18)22-11/h4-5,7-8,11,18-20H,2-3H2,1H3,(H2,13,15,16)/t5-,7-,8+,11-/m1/s1. The maximum absolute atomic E-state index is 10.1. The number of aliphatic hydroxyl groups is 3. The van der Waals surface area contributed by atoms with Crippen LogP contribution in [0.5, 0.6) is 6.01 Å². The van der Waals surface area contributed by atoms with Crippen LogP contribution in [0.2, 0.25) is 0 Å². The van der Waals surface area contributed by atoms with Crippen LogP contribution in [0.3, 0.4) is 0 Å². The SMILES string of the molecule is CCOc1nc(N)c2ncn([C@@H]3O[C@H](CO)[C@@H](O)[C@@H]3O)c2n1. The van der Waals surface area contributed by atoms with Crippen molar-refractivity contribution in [1.29, 1.82) is 0 Å². The molecule has 3 heterocycles. The molecule has 0 spiro atoms. The summed E-state index contributed by atoms with van der Waals surface area (Å²) in [4.78, 5) is 12.3. The molecule has 0 aliphatic carbocycles. The van der Waals surface area contributed by atoms with Gasteiger partial charge in [-0.05, 0) is 6.92 Å². The second-order valence-electron chi connectivity index (χ2n) is 4.88. The van der Waals surface area contributed by atoms with Crippen molar-refractivity contribution in [2.24, 2.45) is 0 Å². The number of nitrogens with two attached hydrogens (primary N) is 1. The van der Waals surface area contributed by atoms with E-state index < -0.39 is 31.1 Å². The highest BCUT2D eigenvalue weighted by atomic mass is 16.6. The highest BCUT2D eigenvalue weighted by Gasteiger charge is 2.44. The topological polar surface area (TPSA) is 149 Å². The molecule has 0 aromatic carbocycles. The van der Waals surface area contributed by atoms with Crippen LogP contribution in [0.1, 0.15) is 13.2 Å². The van der Waals surface area contributed by atoms with Crippen molar-refractivity contribution in [3.05, 3.63) is 6.33 Å². The number of fused-ring (bicyclic) bond motifs is 1. The van der Waals surface area contributed by atoms with E-state index in [1.165, 1.54) is 10.9 Å². The fraction of sp³-hybridized carbons (Fsp3) is 0.583. The maximum Gasteiger partial charge on any atom is 0.320 e. The lowest BCUT2D eigenvalue weighted by Crippen LogP contribution is -2.33. The van der Waals surface area contributed by atoms with Crippen LogP contribution in [0.4, 0.5) is 5.82 Å². The highest BCUT2D eigenvalue weighted by Crippen LogP contribution is 2.32. The molecule has 1 fully saturated rings. The van der Waals surface area contributed by atoms with Crippen molar-refractivity contribution >= 4 is 17.0 Å². The molecule has 1 aliphatic rings. The molecule has 0 unspecified atom stereocenters. The largest absolute Gasteiger partial charge is 0.464 e. The van der Waals surface area contributed by atoms with E-state index >= 15 is 0 Å². The van der Waals surface area contributed by atoms with Gasteiger partial charge in [0.15, 0.2) is 23.2 Å². The predicted octanol–water partition coefficient (Wildman–Crippen LogP) is -1.58. The second kappa shape index (κ2) is 5.65. The number of ether oxygens (including phenoxy) is 2. The summed E-state index contributed by atoms with van der Waals surface area (Å²) in [5.41, 5.74) is 6.46. The number of aliphatic hydroxyl groups excluding tert-OH is 3. The maximum atomic E-state index is 10.1. The van der Waals surface area contributed by atoms with Gasteiger partial charge < -0.3 is 30.5 Å². The molecule has 1 aliphatic heterocycles. The van der Waals surface area contributed by atoms with Gasteiger partial charge in [-0.25, -0.2) is 4.98 Å². The van der Waals surface area contributed by atoms with Crippen LogP contribution in [-0.2, 0) is 4.74 Å². The van der Waals surface area contributed by atoms with Gasteiger partial charge in [0.05, 0.1) is 19.5 Å². The van der Waals surface area contributed by atoms with Crippen molar-refractivity contribution in [1.82, 2.24) is 19.5 Å². The van der Waals surface area contributed by atoms with Gasteiger partial charge in [0.1, 0.15) is 18.3 Å². The quantitative estimate of drug-likeness (QED) is 0.524. The average molecular weight is 311 g/mol. The monoisotopic (exact) mass is 311 g/mol. The lowest BCUT2D eigenvalue weighted by atomic mass is 10.1. The lowest BCUT2D eigenvalue weighted by molar-refractivity contribution is -0.0511. The van der Waals surface area contributed by atoms with Gasteiger partial charge in [-0.2, -0.15) is 9.97 Å². The lowest BCUT2D eigenvalue weighted by Gasteiger charge is -2.16. The first-order valence-corrected chi connectivity index (χ1v) is 6.82. The van der Waals surface area contributed by atoms with Gasteiger partial charge in [-0.3, -0.25) is 4.57 Å². The third-order valence-corrected chi connectivity index (χ3v) is 3.49. The van der Waals surface area contributed by atoms with E-state index in [1.54, 1.807) is 6.92 Å². The van der Waals surface area contributed by atoms with Gasteiger partial charge in [-0.1, -0.05) is 0 Å². The fourth-order valence-corrected chi connectivity index (χ4v) is 2.41. The molecular formula is C12H17N5O5. The Hall–Kier alpha value is -2.01. The summed E-state index contributed by atoms with van der Waals surface area (Å²) >= 11 is 0. The fourth-order valence-electron chi connectivity index (χ4n) is 2.41. The van der Waals surface area contributed by atoms with Gasteiger partial charge >= 0.3 is 6.01 Å². The minimum Gasteiger partial charge on any atom is -0.464 e. The summed E-state index contributed by atoms with van der Waals surface area (Å²) in [6.45, 7) is 1.74. The van der Waals surface area contributed by atoms with Crippen LogP contribution >= 0.6 is 0 Å². The van der Waals surface area contributed by atoms with Crippen molar-refractivity contribution < 1.29 is 24.8 Å². The van der Waals surface area contributed by atoms with Crippen molar-refractivity contribution in [2.75, 3.05) is 18.9 Å². The molecule has 10 nitrogen and oxygen atoms in total. The highest BCUT2D eigenvalue weighted by molar-refractivity contribution is 5.82. The molecule has 0 amide bonds. The first-order chi connectivity index (χ1) is 10.6. The van der Waals surface area contributed by atoms with Crippen LogP contribution < -0.4 is 10.5 Å². The molecule has 1 saturated heterocycles. The number of hydrogen-bond acceptors (Lipinski definition) is 9. The molecule has 2 aromatic rings. The summed E-state index contributed by atoms with van der Waals surface area (Å²) in [5.74, 6) is 0.138. The first kappa shape index (κ1) is 14.9. The molecule has 22 heavy (non-hydrogen) atoms. The Labute approximate surface area is 125 Å². The van der Waals surface area contributed by atoms with Crippen LogP contribution in [-0.4, -0.2) is 66.4 Å². The second-order valence-corrected chi connectivity index (χ2v) is 4.88. The molecule has 5 N–H and O–H groups in total. The van der Waals surface area contributed by atoms with Gasteiger partial charge in [-0.15, -0.1) is 0 Å². The number of nitrogen functional groups attached to an aromatic ring is 1. The smallest absolute Gasteiger partial charge is 0.320 e. The Morgan fingerprint density at radius 1 is 1.36 bits per heavy atom. The van der Waals surface area contributed by atoms with Gasteiger partial charge in [0.25, 0.3) is 0 Å². The van der Waals surface area contributed by atoms with Gasteiger partial charge in [0.2, 0.25) is 0 Å². The zero-order valence-corrected chi connectivity index (χ0v) is 11.8. The van der Waals surface area contributed by atoms with E-state index in [4.69, 9.17) is 20.3 Å². The minimum atomic E-state index is -1.23. The Bertz CT molecular complexity index is 677. The number of nitrogens with zero attached hydrogens (tertiary/aromatic N) is 4. The third kappa shape index (κ3) is 2.25. The van der Waals surface area contributed by atoms with Crippen LogP contribution in [0, 0.1) is 0 Å². The molecule has 0 saturated carbocycles. The molecule has 0 bridgehead atoms. The van der Waals surface area contributed by atoms with E-state index in [2.05, 4.69) is 15.0 Å². The Balaban J connectivity index is 2.04. The van der Waals surface area contributed by atoms with E-state index in [0.717, 1.165) is 0 Å². The zero-order valence-electron chi connectivity index (χ0n) is 11.8. The molecule has 2 aromatic heterocycles. The average Bonchev–Trinajstić information content (AvgIpc) is 3.03. The Morgan fingerprint density at radius 2 is 2.14 bits per heavy atom.